The fourth-order valence-corrected chi connectivity index (χ4v) is 2.81. The molecule has 0 atom stereocenters. The summed E-state index contributed by atoms with van der Waals surface area (Å²) in [5, 5.41) is 20.0. The molecule has 0 saturated carbocycles. The van der Waals surface area contributed by atoms with E-state index < -0.39 is 0 Å². The number of H-pyrrole nitrogens is 1. The van der Waals surface area contributed by atoms with Crippen LogP contribution in [0.15, 0.2) is 30.5 Å². The van der Waals surface area contributed by atoms with E-state index in [1.165, 1.54) is 5.56 Å². The van der Waals surface area contributed by atoms with Gasteiger partial charge < -0.3 is 10.0 Å². The summed E-state index contributed by atoms with van der Waals surface area (Å²) in [7, 11) is 0. The van der Waals surface area contributed by atoms with E-state index in [4.69, 9.17) is 0 Å². The van der Waals surface area contributed by atoms with E-state index in [-0.39, 0.29) is 0 Å². The molecule has 1 aliphatic heterocycles. The number of benzene rings is 1. The molecule has 2 aromatic rings. The van der Waals surface area contributed by atoms with Crippen molar-refractivity contribution in [1.82, 2.24) is 20.3 Å². The van der Waals surface area contributed by atoms with Crippen LogP contribution in [0.1, 0.15) is 30.0 Å². The number of hydrogen-bond donors (Lipinski definition) is 2. The summed E-state index contributed by atoms with van der Waals surface area (Å²) in [4.78, 5) is 2.50. The highest BCUT2D eigenvalue weighted by Gasteiger charge is 2.21. The number of phenolic OH excluding ortho intramolecular Hbond substituents is 1. The van der Waals surface area contributed by atoms with Gasteiger partial charge in [-0.25, -0.2) is 0 Å². The zero-order valence-corrected chi connectivity index (χ0v) is 11.5. The van der Waals surface area contributed by atoms with Crippen LogP contribution in [0.2, 0.25) is 0 Å². The van der Waals surface area contributed by atoms with Crippen molar-refractivity contribution in [1.29, 1.82) is 0 Å². The first-order valence-corrected chi connectivity index (χ1v) is 7.17. The van der Waals surface area contributed by atoms with Crippen LogP contribution in [0.25, 0.3) is 0 Å². The Balaban J connectivity index is 1.45. The molecule has 1 saturated heterocycles. The van der Waals surface area contributed by atoms with Crippen molar-refractivity contribution in [2.75, 3.05) is 19.6 Å². The van der Waals surface area contributed by atoms with Gasteiger partial charge in [0.15, 0.2) is 0 Å². The van der Waals surface area contributed by atoms with E-state index in [2.05, 4.69) is 20.3 Å². The van der Waals surface area contributed by atoms with E-state index in [1.807, 2.05) is 18.3 Å². The van der Waals surface area contributed by atoms with Crippen LogP contribution < -0.4 is 0 Å². The molecule has 1 aromatic heterocycles. The van der Waals surface area contributed by atoms with Gasteiger partial charge in [0, 0.05) is 12.5 Å². The zero-order valence-electron chi connectivity index (χ0n) is 11.5. The second-order valence-electron chi connectivity index (χ2n) is 5.43. The van der Waals surface area contributed by atoms with E-state index in [1.54, 1.807) is 12.1 Å². The Hall–Kier alpha value is -1.88. The highest BCUT2D eigenvalue weighted by Crippen LogP contribution is 2.25. The fourth-order valence-electron chi connectivity index (χ4n) is 2.81. The number of likely N-dealkylation sites (tertiary alicyclic amines) is 1. The van der Waals surface area contributed by atoms with Crippen LogP contribution >= 0.6 is 0 Å². The lowest BCUT2D eigenvalue weighted by molar-refractivity contribution is 0.213. The van der Waals surface area contributed by atoms with Crippen LogP contribution in [0.4, 0.5) is 0 Å². The number of phenols is 1. The molecule has 0 unspecified atom stereocenters. The van der Waals surface area contributed by atoms with Crippen molar-refractivity contribution < 1.29 is 5.11 Å². The van der Waals surface area contributed by atoms with Gasteiger partial charge >= 0.3 is 0 Å². The Morgan fingerprint density at radius 2 is 1.95 bits per heavy atom. The Labute approximate surface area is 118 Å². The number of piperidine rings is 1. The number of nitrogens with zero attached hydrogens (tertiary/aromatic N) is 3. The Morgan fingerprint density at radius 3 is 2.60 bits per heavy atom. The summed E-state index contributed by atoms with van der Waals surface area (Å²) in [5.41, 5.74) is 2.38. The van der Waals surface area contributed by atoms with Crippen LogP contribution in [0, 0.1) is 0 Å². The molecule has 0 radical (unpaired) electrons. The SMILES string of the molecule is Oc1ccc(CCN2CCC(c3cn[nH]n3)CC2)cc1. The van der Waals surface area contributed by atoms with Crippen molar-refractivity contribution in [3.05, 3.63) is 41.7 Å². The smallest absolute Gasteiger partial charge is 0.115 e. The molecule has 2 N–H and O–H groups in total. The molecule has 20 heavy (non-hydrogen) atoms. The van der Waals surface area contributed by atoms with Gasteiger partial charge in [-0.2, -0.15) is 15.4 Å². The van der Waals surface area contributed by atoms with Gasteiger partial charge in [0.05, 0.1) is 11.9 Å². The summed E-state index contributed by atoms with van der Waals surface area (Å²) in [6.45, 7) is 3.32. The first-order valence-electron chi connectivity index (χ1n) is 7.17. The van der Waals surface area contributed by atoms with Crippen LogP contribution in [-0.2, 0) is 6.42 Å². The third-order valence-electron chi connectivity index (χ3n) is 4.09. The Kier molecular flexibility index (Phi) is 3.97. The van der Waals surface area contributed by atoms with Crippen molar-refractivity contribution in [3.8, 4) is 5.75 Å². The fraction of sp³-hybridized carbons (Fsp3) is 0.467. The number of hydrogen-bond acceptors (Lipinski definition) is 4. The van der Waals surface area contributed by atoms with Gasteiger partial charge in [0.1, 0.15) is 5.75 Å². The monoisotopic (exact) mass is 272 g/mol. The average molecular weight is 272 g/mol. The molecule has 106 valence electrons. The third-order valence-corrected chi connectivity index (χ3v) is 4.09. The second kappa shape index (κ2) is 6.05. The van der Waals surface area contributed by atoms with Gasteiger partial charge in [-0.05, 0) is 50.0 Å². The molecule has 5 nitrogen and oxygen atoms in total. The molecular formula is C15H20N4O. The maximum atomic E-state index is 9.27. The Morgan fingerprint density at radius 1 is 1.20 bits per heavy atom. The van der Waals surface area contributed by atoms with Gasteiger partial charge in [-0.3, -0.25) is 0 Å². The first-order chi connectivity index (χ1) is 9.81. The minimum absolute atomic E-state index is 0.335. The van der Waals surface area contributed by atoms with E-state index >= 15 is 0 Å². The maximum Gasteiger partial charge on any atom is 0.115 e. The first kappa shape index (κ1) is 13.1. The van der Waals surface area contributed by atoms with Crippen molar-refractivity contribution >= 4 is 0 Å². The molecule has 3 rings (SSSR count). The molecule has 5 heteroatoms. The maximum absolute atomic E-state index is 9.27. The van der Waals surface area contributed by atoms with Crippen LogP contribution in [0.3, 0.4) is 0 Å². The standard InChI is InChI=1S/C15H20N4O/c20-14-3-1-12(2-4-14)5-8-19-9-6-13(7-10-19)15-11-16-18-17-15/h1-4,11,13,20H,5-10H2,(H,16,17,18). The minimum Gasteiger partial charge on any atom is -0.508 e. The van der Waals surface area contributed by atoms with Crippen LogP contribution in [0.5, 0.6) is 5.75 Å². The molecule has 1 fully saturated rings. The van der Waals surface area contributed by atoms with E-state index in [0.29, 0.717) is 11.7 Å². The lowest BCUT2D eigenvalue weighted by Crippen LogP contribution is -2.34. The lowest BCUT2D eigenvalue weighted by atomic mass is 9.94. The summed E-state index contributed by atoms with van der Waals surface area (Å²) in [6, 6.07) is 7.51. The average Bonchev–Trinajstić information content (AvgIpc) is 3.01. The molecule has 1 aromatic carbocycles. The molecule has 1 aliphatic rings. The number of rotatable bonds is 4. The third kappa shape index (κ3) is 3.17. The number of aromatic amines is 1. The minimum atomic E-state index is 0.335. The molecule has 0 aliphatic carbocycles. The van der Waals surface area contributed by atoms with Crippen molar-refractivity contribution in [2.24, 2.45) is 0 Å². The van der Waals surface area contributed by atoms with Crippen molar-refractivity contribution in [2.45, 2.75) is 25.2 Å². The number of nitrogens with one attached hydrogen (secondary N) is 1. The van der Waals surface area contributed by atoms with Crippen molar-refractivity contribution in [3.63, 3.8) is 0 Å². The highest BCUT2D eigenvalue weighted by molar-refractivity contribution is 5.26. The summed E-state index contributed by atoms with van der Waals surface area (Å²) in [5.74, 6) is 0.890. The second-order valence-corrected chi connectivity index (χ2v) is 5.43. The van der Waals surface area contributed by atoms with Gasteiger partial charge in [-0.1, -0.05) is 12.1 Å². The largest absolute Gasteiger partial charge is 0.508 e. The van der Waals surface area contributed by atoms with E-state index in [0.717, 1.165) is 44.6 Å². The van der Waals surface area contributed by atoms with Gasteiger partial charge in [0.25, 0.3) is 0 Å². The quantitative estimate of drug-likeness (QED) is 0.892. The van der Waals surface area contributed by atoms with Crippen LogP contribution in [-0.4, -0.2) is 45.1 Å². The molecule has 2 heterocycles. The zero-order chi connectivity index (χ0) is 13.8. The Bertz CT molecular complexity index is 515. The molecule has 0 spiro atoms. The summed E-state index contributed by atoms with van der Waals surface area (Å²) in [6.07, 6.45) is 5.19. The normalized spacial score (nSPS) is 17.4. The summed E-state index contributed by atoms with van der Waals surface area (Å²) >= 11 is 0. The topological polar surface area (TPSA) is 65.0 Å². The summed E-state index contributed by atoms with van der Waals surface area (Å²) < 4.78 is 0. The predicted octanol–water partition coefficient (Wildman–Crippen LogP) is 1.93. The van der Waals surface area contributed by atoms with Gasteiger partial charge in [-0.15, -0.1) is 0 Å². The molecule has 0 amide bonds. The number of aromatic nitrogens is 3. The highest BCUT2D eigenvalue weighted by atomic mass is 16.3. The predicted molar refractivity (Wildman–Crippen MR) is 76.6 cm³/mol. The van der Waals surface area contributed by atoms with Gasteiger partial charge in [0.2, 0.25) is 0 Å². The lowest BCUT2D eigenvalue weighted by Gasteiger charge is -2.30. The molecule has 0 bridgehead atoms. The van der Waals surface area contributed by atoms with E-state index in [9.17, 15) is 5.11 Å². The number of aromatic hydroxyl groups is 1. The molecular weight excluding hydrogens is 252 g/mol.